The van der Waals surface area contributed by atoms with Gasteiger partial charge in [0.15, 0.2) is 5.82 Å². The smallest absolute Gasteiger partial charge is 0.178 e. The van der Waals surface area contributed by atoms with Crippen LogP contribution in [0.3, 0.4) is 0 Å². The standard InChI is InChI=1S/C14H15FN4/c1-9-6-12(8-16-11-3-4-11)19-14(18-9)13-5-2-10(15)7-17-13/h2,5-7,11,16H,3-4,8H2,1H3. The van der Waals surface area contributed by atoms with Crippen LogP contribution in [-0.4, -0.2) is 21.0 Å². The third-order valence-electron chi connectivity index (χ3n) is 3.01. The highest BCUT2D eigenvalue weighted by molar-refractivity contribution is 5.48. The van der Waals surface area contributed by atoms with E-state index in [0.717, 1.165) is 17.9 Å². The summed E-state index contributed by atoms with van der Waals surface area (Å²) in [4.78, 5) is 12.8. The molecule has 98 valence electrons. The van der Waals surface area contributed by atoms with Crippen LogP contribution < -0.4 is 5.32 Å². The predicted molar refractivity (Wildman–Crippen MR) is 69.8 cm³/mol. The molecule has 5 heteroatoms. The summed E-state index contributed by atoms with van der Waals surface area (Å²) in [5.74, 6) is 0.194. The maximum Gasteiger partial charge on any atom is 0.178 e. The first-order valence-corrected chi connectivity index (χ1v) is 6.40. The largest absolute Gasteiger partial charge is 0.308 e. The number of pyridine rings is 1. The molecule has 0 bridgehead atoms. The molecule has 1 saturated carbocycles. The average molecular weight is 258 g/mol. The lowest BCUT2D eigenvalue weighted by Gasteiger charge is -2.06. The molecule has 0 spiro atoms. The molecular formula is C14H15FN4. The van der Waals surface area contributed by atoms with Crippen LogP contribution in [0.1, 0.15) is 24.2 Å². The SMILES string of the molecule is Cc1cc(CNC2CC2)nc(-c2ccc(F)cn2)n1. The van der Waals surface area contributed by atoms with Gasteiger partial charge in [0.05, 0.1) is 11.9 Å². The molecule has 2 heterocycles. The molecule has 2 aromatic heterocycles. The summed E-state index contributed by atoms with van der Waals surface area (Å²) < 4.78 is 12.9. The summed E-state index contributed by atoms with van der Waals surface area (Å²) in [6.45, 7) is 2.66. The summed E-state index contributed by atoms with van der Waals surface area (Å²) in [5, 5.41) is 3.42. The van der Waals surface area contributed by atoms with Gasteiger partial charge in [0.25, 0.3) is 0 Å². The van der Waals surface area contributed by atoms with Gasteiger partial charge in [0.1, 0.15) is 11.5 Å². The second-order valence-corrected chi connectivity index (χ2v) is 4.84. The minimum absolute atomic E-state index is 0.355. The van der Waals surface area contributed by atoms with Crippen molar-refractivity contribution in [1.82, 2.24) is 20.3 Å². The first-order chi connectivity index (χ1) is 9.20. The molecule has 4 nitrogen and oxygen atoms in total. The van der Waals surface area contributed by atoms with Crippen molar-refractivity contribution in [3.8, 4) is 11.5 Å². The first-order valence-electron chi connectivity index (χ1n) is 6.40. The highest BCUT2D eigenvalue weighted by atomic mass is 19.1. The molecule has 0 aromatic carbocycles. The first kappa shape index (κ1) is 12.2. The summed E-state index contributed by atoms with van der Waals surface area (Å²) >= 11 is 0. The second-order valence-electron chi connectivity index (χ2n) is 4.84. The maximum absolute atomic E-state index is 12.9. The molecule has 0 amide bonds. The number of rotatable bonds is 4. The molecule has 0 unspecified atom stereocenters. The van der Waals surface area contributed by atoms with Gasteiger partial charge in [-0.05, 0) is 38.0 Å². The number of nitrogens with zero attached hydrogens (tertiary/aromatic N) is 3. The van der Waals surface area contributed by atoms with Gasteiger partial charge in [-0.2, -0.15) is 0 Å². The number of hydrogen-bond donors (Lipinski definition) is 1. The zero-order valence-electron chi connectivity index (χ0n) is 10.7. The predicted octanol–water partition coefficient (Wildman–Crippen LogP) is 2.24. The Kier molecular flexibility index (Phi) is 3.21. The highest BCUT2D eigenvalue weighted by Gasteiger charge is 2.20. The summed E-state index contributed by atoms with van der Waals surface area (Å²) in [6.07, 6.45) is 3.68. The third-order valence-corrected chi connectivity index (χ3v) is 3.01. The number of hydrogen-bond acceptors (Lipinski definition) is 4. The molecule has 0 saturated heterocycles. The van der Waals surface area contributed by atoms with Gasteiger partial charge in [0.2, 0.25) is 0 Å². The van der Waals surface area contributed by atoms with E-state index < -0.39 is 0 Å². The normalized spacial score (nSPS) is 14.6. The van der Waals surface area contributed by atoms with Gasteiger partial charge in [-0.3, -0.25) is 0 Å². The van der Waals surface area contributed by atoms with Crippen LogP contribution in [-0.2, 0) is 6.54 Å². The molecule has 1 aliphatic rings. The molecule has 1 fully saturated rings. The number of aryl methyl sites for hydroxylation is 1. The fourth-order valence-corrected chi connectivity index (χ4v) is 1.88. The number of nitrogens with one attached hydrogen (secondary N) is 1. The van der Waals surface area contributed by atoms with Crippen LogP contribution >= 0.6 is 0 Å². The third kappa shape index (κ3) is 3.12. The van der Waals surface area contributed by atoms with Gasteiger partial charge in [0, 0.05) is 18.3 Å². The lowest BCUT2D eigenvalue weighted by molar-refractivity contribution is 0.621. The van der Waals surface area contributed by atoms with Crippen LogP contribution in [0.4, 0.5) is 4.39 Å². The molecule has 3 rings (SSSR count). The second kappa shape index (κ2) is 5.01. The Morgan fingerprint density at radius 3 is 2.84 bits per heavy atom. The van der Waals surface area contributed by atoms with E-state index in [1.807, 2.05) is 13.0 Å². The minimum Gasteiger partial charge on any atom is -0.308 e. The van der Waals surface area contributed by atoms with Crippen molar-refractivity contribution in [2.75, 3.05) is 0 Å². The summed E-state index contributed by atoms with van der Waals surface area (Å²) in [5.41, 5.74) is 2.43. The Hall–Kier alpha value is -1.88. The van der Waals surface area contributed by atoms with Crippen molar-refractivity contribution in [3.63, 3.8) is 0 Å². The van der Waals surface area contributed by atoms with Crippen LogP contribution in [0.5, 0.6) is 0 Å². The maximum atomic E-state index is 12.9. The van der Waals surface area contributed by atoms with Crippen molar-refractivity contribution in [2.45, 2.75) is 32.4 Å². The fraction of sp³-hybridized carbons (Fsp3) is 0.357. The van der Waals surface area contributed by atoms with E-state index in [-0.39, 0.29) is 5.82 Å². The van der Waals surface area contributed by atoms with Gasteiger partial charge in [-0.15, -0.1) is 0 Å². The number of aromatic nitrogens is 3. The molecular weight excluding hydrogens is 243 g/mol. The van der Waals surface area contributed by atoms with Crippen LogP contribution in [0.15, 0.2) is 24.4 Å². The molecule has 0 aliphatic heterocycles. The Morgan fingerprint density at radius 1 is 1.32 bits per heavy atom. The van der Waals surface area contributed by atoms with Crippen molar-refractivity contribution in [2.24, 2.45) is 0 Å². The van der Waals surface area contributed by atoms with Crippen molar-refractivity contribution >= 4 is 0 Å². The van der Waals surface area contributed by atoms with E-state index in [4.69, 9.17) is 0 Å². The Morgan fingerprint density at radius 2 is 2.16 bits per heavy atom. The molecule has 1 aliphatic carbocycles. The fourth-order valence-electron chi connectivity index (χ4n) is 1.88. The van der Waals surface area contributed by atoms with E-state index in [2.05, 4.69) is 20.3 Å². The Labute approximate surface area is 111 Å². The van der Waals surface area contributed by atoms with Crippen LogP contribution in [0, 0.1) is 12.7 Å². The van der Waals surface area contributed by atoms with Crippen molar-refractivity contribution in [1.29, 1.82) is 0 Å². The van der Waals surface area contributed by atoms with Crippen molar-refractivity contribution < 1.29 is 4.39 Å². The van der Waals surface area contributed by atoms with Gasteiger partial charge in [-0.1, -0.05) is 0 Å². The zero-order valence-corrected chi connectivity index (χ0v) is 10.7. The Balaban J connectivity index is 1.85. The quantitative estimate of drug-likeness (QED) is 0.913. The van der Waals surface area contributed by atoms with E-state index in [9.17, 15) is 4.39 Å². The van der Waals surface area contributed by atoms with Gasteiger partial charge < -0.3 is 5.32 Å². The Bertz CT molecular complexity index is 578. The molecule has 0 radical (unpaired) electrons. The molecule has 0 atom stereocenters. The minimum atomic E-state index is -0.355. The van der Waals surface area contributed by atoms with Gasteiger partial charge >= 0.3 is 0 Å². The number of halogens is 1. The monoisotopic (exact) mass is 258 g/mol. The average Bonchev–Trinajstić information content (AvgIpc) is 3.20. The van der Waals surface area contributed by atoms with E-state index in [1.165, 1.54) is 25.1 Å². The molecule has 19 heavy (non-hydrogen) atoms. The molecule has 1 N–H and O–H groups in total. The van der Waals surface area contributed by atoms with E-state index in [0.29, 0.717) is 17.6 Å². The van der Waals surface area contributed by atoms with Gasteiger partial charge in [-0.25, -0.2) is 19.3 Å². The van der Waals surface area contributed by atoms with Crippen molar-refractivity contribution in [3.05, 3.63) is 41.6 Å². The topological polar surface area (TPSA) is 50.7 Å². The summed E-state index contributed by atoms with van der Waals surface area (Å²) in [6, 6.07) is 5.57. The van der Waals surface area contributed by atoms with Crippen LogP contribution in [0.2, 0.25) is 0 Å². The summed E-state index contributed by atoms with van der Waals surface area (Å²) in [7, 11) is 0. The highest BCUT2D eigenvalue weighted by Crippen LogP contribution is 2.19. The lowest BCUT2D eigenvalue weighted by Crippen LogP contribution is -2.16. The zero-order chi connectivity index (χ0) is 13.2. The van der Waals surface area contributed by atoms with E-state index in [1.54, 1.807) is 6.07 Å². The van der Waals surface area contributed by atoms with E-state index >= 15 is 0 Å². The molecule has 2 aromatic rings. The lowest BCUT2D eigenvalue weighted by atomic mass is 10.3. The van der Waals surface area contributed by atoms with Crippen LogP contribution in [0.25, 0.3) is 11.5 Å².